The van der Waals surface area contributed by atoms with E-state index < -0.39 is 23.1 Å². The Kier molecular flexibility index (Phi) is 4.27. The fourth-order valence-corrected chi connectivity index (χ4v) is 3.96. The van der Waals surface area contributed by atoms with Gasteiger partial charge in [0, 0.05) is 16.9 Å². The van der Waals surface area contributed by atoms with Crippen LogP contribution in [0.3, 0.4) is 0 Å². The number of nitrogens with two attached hydrogens (primary N) is 1. The van der Waals surface area contributed by atoms with Crippen molar-refractivity contribution in [1.82, 2.24) is 0 Å². The predicted octanol–water partition coefficient (Wildman–Crippen LogP) is 3.19. The van der Waals surface area contributed by atoms with Gasteiger partial charge in [-0.05, 0) is 63.2 Å². The number of nitrogens with zero attached hydrogens (tertiary/aromatic N) is 2. The lowest BCUT2D eigenvalue weighted by molar-refractivity contribution is -0.137. The van der Waals surface area contributed by atoms with Gasteiger partial charge >= 0.3 is 6.09 Å². The third kappa shape index (κ3) is 2.79. The van der Waals surface area contributed by atoms with E-state index in [-0.39, 0.29) is 12.3 Å². The van der Waals surface area contributed by atoms with Crippen molar-refractivity contribution in [1.29, 1.82) is 0 Å². The molecule has 8 nitrogen and oxygen atoms in total. The topological polar surface area (TPSA) is 102 Å². The molecule has 1 unspecified atom stereocenters. The van der Waals surface area contributed by atoms with Gasteiger partial charge in [-0.1, -0.05) is 0 Å². The number of imide groups is 1. The summed E-state index contributed by atoms with van der Waals surface area (Å²) < 4.78 is 10.6. The number of ether oxygens (including phenoxy) is 2. The number of methoxy groups -OCH3 is 1. The Hall–Kier alpha value is -3.55. The Bertz CT molecular complexity index is 1060. The molecule has 0 saturated carbocycles. The van der Waals surface area contributed by atoms with E-state index in [1.54, 1.807) is 70.3 Å². The van der Waals surface area contributed by atoms with Crippen LogP contribution in [0.15, 0.2) is 42.5 Å². The predicted molar refractivity (Wildman–Crippen MR) is 111 cm³/mol. The SMILES string of the molecule is COc1ccc(N2C(=O)CC23C(=O)N(C(=O)OC(C)(C)C)c2ccc(N)cc23)cc1. The van der Waals surface area contributed by atoms with Crippen molar-refractivity contribution in [3.05, 3.63) is 48.0 Å². The Balaban J connectivity index is 1.83. The van der Waals surface area contributed by atoms with E-state index in [0.717, 1.165) is 4.90 Å². The van der Waals surface area contributed by atoms with Gasteiger partial charge in [0.05, 0.1) is 19.2 Å². The summed E-state index contributed by atoms with van der Waals surface area (Å²) >= 11 is 0. The highest BCUT2D eigenvalue weighted by Gasteiger charge is 2.66. The summed E-state index contributed by atoms with van der Waals surface area (Å²) in [5.74, 6) is -0.140. The van der Waals surface area contributed by atoms with Gasteiger partial charge in [-0.2, -0.15) is 0 Å². The number of hydrogen-bond donors (Lipinski definition) is 1. The number of amides is 3. The molecule has 2 aromatic carbocycles. The Morgan fingerprint density at radius 3 is 2.33 bits per heavy atom. The zero-order valence-electron chi connectivity index (χ0n) is 17.3. The third-order valence-corrected chi connectivity index (χ3v) is 5.21. The van der Waals surface area contributed by atoms with Crippen LogP contribution in [0.1, 0.15) is 32.8 Å². The number of anilines is 3. The minimum absolute atomic E-state index is 0.0619. The Morgan fingerprint density at radius 1 is 1.10 bits per heavy atom. The fourth-order valence-electron chi connectivity index (χ4n) is 3.96. The van der Waals surface area contributed by atoms with E-state index >= 15 is 0 Å². The molecule has 1 saturated heterocycles. The molecule has 3 amide bonds. The van der Waals surface area contributed by atoms with Crippen molar-refractivity contribution < 1.29 is 23.9 Å². The van der Waals surface area contributed by atoms with Crippen molar-refractivity contribution in [2.45, 2.75) is 38.3 Å². The Labute approximate surface area is 174 Å². The number of rotatable bonds is 2. The van der Waals surface area contributed by atoms with Crippen LogP contribution >= 0.6 is 0 Å². The van der Waals surface area contributed by atoms with Gasteiger partial charge in [0.2, 0.25) is 5.91 Å². The Morgan fingerprint density at radius 2 is 1.77 bits per heavy atom. The average Bonchev–Trinajstić information content (AvgIpc) is 2.90. The molecular weight excluding hydrogens is 386 g/mol. The molecule has 8 heteroatoms. The fraction of sp³-hybridized carbons (Fsp3) is 0.318. The highest BCUT2D eigenvalue weighted by Crippen LogP contribution is 2.54. The van der Waals surface area contributed by atoms with Crippen LogP contribution in [0, 0.1) is 0 Å². The maximum absolute atomic E-state index is 13.6. The molecule has 4 rings (SSSR count). The lowest BCUT2D eigenvalue weighted by Crippen LogP contribution is -2.66. The molecule has 2 aliphatic heterocycles. The summed E-state index contributed by atoms with van der Waals surface area (Å²) in [4.78, 5) is 41.6. The molecule has 0 aliphatic carbocycles. The van der Waals surface area contributed by atoms with E-state index in [1.165, 1.54) is 4.90 Å². The van der Waals surface area contributed by atoms with Gasteiger partial charge in [0.15, 0.2) is 5.54 Å². The highest BCUT2D eigenvalue weighted by atomic mass is 16.6. The second kappa shape index (κ2) is 6.48. The lowest BCUT2D eigenvalue weighted by Gasteiger charge is -2.48. The molecule has 1 fully saturated rings. The van der Waals surface area contributed by atoms with Crippen LogP contribution in [-0.2, 0) is 19.9 Å². The maximum atomic E-state index is 13.6. The molecule has 1 atom stereocenters. The molecule has 0 bridgehead atoms. The number of hydrogen-bond acceptors (Lipinski definition) is 6. The first kappa shape index (κ1) is 19.8. The first-order valence-electron chi connectivity index (χ1n) is 9.53. The quantitative estimate of drug-likeness (QED) is 0.604. The van der Waals surface area contributed by atoms with E-state index in [1.807, 2.05) is 0 Å². The van der Waals surface area contributed by atoms with Gasteiger partial charge in [-0.15, -0.1) is 0 Å². The number of fused-ring (bicyclic) bond motifs is 2. The van der Waals surface area contributed by atoms with Crippen molar-refractivity contribution in [3.8, 4) is 5.75 Å². The molecule has 0 radical (unpaired) electrons. The first-order valence-corrected chi connectivity index (χ1v) is 9.53. The minimum atomic E-state index is -1.34. The summed E-state index contributed by atoms with van der Waals surface area (Å²) in [6.45, 7) is 5.17. The smallest absolute Gasteiger partial charge is 0.421 e. The number of carbonyl (C=O) groups excluding carboxylic acids is 3. The number of nitrogen functional groups attached to an aromatic ring is 1. The first-order chi connectivity index (χ1) is 14.1. The second-order valence-corrected chi connectivity index (χ2v) is 8.36. The number of carbonyl (C=O) groups is 3. The standard InChI is InChI=1S/C22H23N3O5/c1-21(2,3)30-20(28)24-17-10-5-13(23)11-16(17)22(19(24)27)12-18(26)25(22)14-6-8-15(29-4)9-7-14/h5-11H,12,23H2,1-4H3. The molecule has 30 heavy (non-hydrogen) atoms. The van der Waals surface area contributed by atoms with Crippen molar-refractivity contribution in [2.24, 2.45) is 0 Å². The molecule has 2 aliphatic rings. The van der Waals surface area contributed by atoms with Crippen LogP contribution in [0.5, 0.6) is 5.75 Å². The van der Waals surface area contributed by atoms with Crippen LogP contribution in [-0.4, -0.2) is 30.6 Å². The van der Waals surface area contributed by atoms with Gasteiger partial charge < -0.3 is 15.2 Å². The van der Waals surface area contributed by atoms with E-state index in [0.29, 0.717) is 28.4 Å². The molecule has 156 valence electrons. The second-order valence-electron chi connectivity index (χ2n) is 8.36. The van der Waals surface area contributed by atoms with E-state index in [4.69, 9.17) is 15.2 Å². The largest absolute Gasteiger partial charge is 0.497 e. The van der Waals surface area contributed by atoms with Crippen molar-refractivity contribution in [3.63, 3.8) is 0 Å². The number of benzene rings is 2. The summed E-state index contributed by atoms with van der Waals surface area (Å²) in [5.41, 5.74) is 5.70. The molecule has 2 aromatic rings. The highest BCUT2D eigenvalue weighted by molar-refractivity contribution is 6.28. The molecule has 1 spiro atoms. The maximum Gasteiger partial charge on any atom is 0.421 e. The van der Waals surface area contributed by atoms with E-state index in [9.17, 15) is 14.4 Å². The number of β-lactam (4-membered cyclic amide) rings is 1. The van der Waals surface area contributed by atoms with Gasteiger partial charge in [-0.25, -0.2) is 9.69 Å². The zero-order valence-corrected chi connectivity index (χ0v) is 17.3. The lowest BCUT2D eigenvalue weighted by atomic mass is 9.77. The molecule has 0 aromatic heterocycles. The molecule has 2 N–H and O–H groups in total. The van der Waals surface area contributed by atoms with Gasteiger partial charge in [0.1, 0.15) is 11.4 Å². The summed E-state index contributed by atoms with van der Waals surface area (Å²) in [7, 11) is 1.55. The summed E-state index contributed by atoms with van der Waals surface area (Å²) in [5, 5.41) is 0. The van der Waals surface area contributed by atoms with Crippen LogP contribution in [0.25, 0.3) is 0 Å². The van der Waals surface area contributed by atoms with Gasteiger partial charge in [0.25, 0.3) is 5.91 Å². The summed E-state index contributed by atoms with van der Waals surface area (Å²) in [6.07, 6.45) is -0.849. The average molecular weight is 409 g/mol. The minimum Gasteiger partial charge on any atom is -0.497 e. The van der Waals surface area contributed by atoms with E-state index in [2.05, 4.69) is 0 Å². The van der Waals surface area contributed by atoms with Crippen LogP contribution in [0.2, 0.25) is 0 Å². The van der Waals surface area contributed by atoms with Crippen LogP contribution in [0.4, 0.5) is 21.9 Å². The molecule has 2 heterocycles. The zero-order chi connectivity index (χ0) is 21.8. The third-order valence-electron chi connectivity index (χ3n) is 5.21. The molecular formula is C22H23N3O5. The van der Waals surface area contributed by atoms with Crippen molar-refractivity contribution >= 4 is 35.0 Å². The van der Waals surface area contributed by atoms with Crippen molar-refractivity contribution in [2.75, 3.05) is 22.6 Å². The normalized spacial score (nSPS) is 20.3. The summed E-state index contributed by atoms with van der Waals surface area (Å²) in [6, 6.07) is 11.7. The van der Waals surface area contributed by atoms with Gasteiger partial charge in [-0.3, -0.25) is 14.5 Å². The monoisotopic (exact) mass is 409 g/mol. The van der Waals surface area contributed by atoms with Crippen LogP contribution < -0.4 is 20.3 Å².